The summed E-state index contributed by atoms with van der Waals surface area (Å²) in [6.07, 6.45) is 2.43. The van der Waals surface area contributed by atoms with Crippen LogP contribution in [0.3, 0.4) is 0 Å². The van der Waals surface area contributed by atoms with Crippen molar-refractivity contribution in [2.45, 2.75) is 26.9 Å². The lowest BCUT2D eigenvalue weighted by molar-refractivity contribution is -0.117. The van der Waals surface area contributed by atoms with Crippen molar-refractivity contribution in [2.24, 2.45) is 11.3 Å². The lowest BCUT2D eigenvalue weighted by Crippen LogP contribution is -2.35. The van der Waals surface area contributed by atoms with Gasteiger partial charge in [0, 0.05) is 11.8 Å². The zero-order valence-corrected chi connectivity index (χ0v) is 16.8. The van der Waals surface area contributed by atoms with Crippen molar-refractivity contribution < 1.29 is 19.0 Å². The number of methoxy groups -OCH3 is 2. The third-order valence-electron chi connectivity index (χ3n) is 5.06. The van der Waals surface area contributed by atoms with Crippen LogP contribution in [0.1, 0.15) is 25.8 Å². The summed E-state index contributed by atoms with van der Waals surface area (Å²) < 4.78 is 17.1. The van der Waals surface area contributed by atoms with Crippen LogP contribution in [-0.2, 0) is 16.1 Å². The summed E-state index contributed by atoms with van der Waals surface area (Å²) in [6, 6.07) is 5.68. The molecule has 0 heterocycles. The zero-order chi connectivity index (χ0) is 18.6. The molecule has 0 fully saturated rings. The molecule has 0 saturated heterocycles. The van der Waals surface area contributed by atoms with E-state index in [2.05, 4.69) is 36.4 Å². The van der Waals surface area contributed by atoms with Gasteiger partial charge >= 0.3 is 0 Å². The summed E-state index contributed by atoms with van der Waals surface area (Å²) in [5, 5.41) is 0. The smallest absolute Gasteiger partial charge is 0.170 e. The van der Waals surface area contributed by atoms with Crippen LogP contribution < -0.4 is 9.47 Å². The van der Waals surface area contributed by atoms with Crippen molar-refractivity contribution >= 4 is 21.7 Å². The van der Waals surface area contributed by atoms with Gasteiger partial charge in [-0.15, -0.1) is 6.58 Å². The Kier molecular flexibility index (Phi) is 6.47. The molecule has 0 N–H and O–H groups in total. The van der Waals surface area contributed by atoms with Gasteiger partial charge in [-0.1, -0.05) is 26.0 Å². The van der Waals surface area contributed by atoms with Crippen molar-refractivity contribution in [2.75, 3.05) is 20.8 Å². The van der Waals surface area contributed by atoms with Gasteiger partial charge in [0.2, 0.25) is 0 Å². The highest BCUT2D eigenvalue weighted by Crippen LogP contribution is 2.46. The molecule has 0 saturated carbocycles. The fourth-order valence-corrected chi connectivity index (χ4v) is 3.77. The van der Waals surface area contributed by atoms with E-state index in [4.69, 9.17) is 14.2 Å². The molecule has 25 heavy (non-hydrogen) atoms. The maximum absolute atomic E-state index is 12.2. The largest absolute Gasteiger partial charge is 0.493 e. The molecule has 0 spiro atoms. The van der Waals surface area contributed by atoms with Gasteiger partial charge in [0.25, 0.3) is 0 Å². The Bertz CT molecular complexity index is 695. The molecular weight excluding hydrogens is 384 g/mol. The number of Topliss-reactive ketones (excluding diaryl/α,β-unsaturated/α-hetero) is 1. The molecule has 1 aliphatic rings. The normalized spacial score (nSPS) is 23.6. The second-order valence-electron chi connectivity index (χ2n) is 6.49. The Morgan fingerprint density at radius 2 is 1.96 bits per heavy atom. The minimum absolute atomic E-state index is 0.122. The monoisotopic (exact) mass is 408 g/mol. The summed E-state index contributed by atoms with van der Waals surface area (Å²) in [6.45, 7) is 8.94. The van der Waals surface area contributed by atoms with Gasteiger partial charge in [-0.05, 0) is 45.1 Å². The maximum atomic E-state index is 12.2. The predicted octanol–water partition coefficient (Wildman–Crippen LogP) is 4.67. The fraction of sp³-hybridized carbons (Fsp3) is 0.450. The Hall–Kier alpha value is -1.59. The summed E-state index contributed by atoms with van der Waals surface area (Å²) in [7, 11) is 3.21. The van der Waals surface area contributed by atoms with Crippen molar-refractivity contribution in [3.63, 3.8) is 0 Å². The number of hydrogen-bond donors (Lipinski definition) is 0. The maximum Gasteiger partial charge on any atom is 0.170 e. The van der Waals surface area contributed by atoms with Crippen LogP contribution in [0.5, 0.6) is 11.5 Å². The van der Waals surface area contributed by atoms with E-state index in [1.54, 1.807) is 14.2 Å². The van der Waals surface area contributed by atoms with E-state index in [0.29, 0.717) is 35.6 Å². The number of ketones is 1. The van der Waals surface area contributed by atoms with Crippen LogP contribution in [0.15, 0.2) is 40.9 Å². The number of carbonyl (C=O) groups excluding carboxylic acids is 1. The third kappa shape index (κ3) is 3.98. The van der Waals surface area contributed by atoms with E-state index in [0.717, 1.165) is 11.1 Å². The van der Waals surface area contributed by atoms with E-state index in [9.17, 15) is 4.79 Å². The molecule has 0 bridgehead atoms. The zero-order valence-electron chi connectivity index (χ0n) is 15.2. The summed E-state index contributed by atoms with van der Waals surface area (Å²) in [4.78, 5) is 12.2. The molecule has 4 nitrogen and oxygen atoms in total. The molecule has 2 rings (SSSR count). The van der Waals surface area contributed by atoms with Gasteiger partial charge in [-0.2, -0.15) is 0 Å². The number of allylic oxidation sites excluding steroid dienone is 2. The molecule has 0 unspecified atom stereocenters. The van der Waals surface area contributed by atoms with Crippen LogP contribution in [0, 0.1) is 11.3 Å². The molecule has 2 atom stereocenters. The van der Waals surface area contributed by atoms with Gasteiger partial charge in [0.1, 0.15) is 0 Å². The van der Waals surface area contributed by atoms with Gasteiger partial charge in [-0.25, -0.2) is 0 Å². The van der Waals surface area contributed by atoms with Crippen molar-refractivity contribution in [1.29, 1.82) is 0 Å². The van der Waals surface area contributed by atoms with Crippen LogP contribution in [0.4, 0.5) is 0 Å². The molecule has 1 aromatic carbocycles. The van der Waals surface area contributed by atoms with Gasteiger partial charge < -0.3 is 14.2 Å². The molecule has 0 amide bonds. The Labute approximate surface area is 158 Å². The molecular formula is C20H25BrO4. The number of benzene rings is 1. The first-order valence-corrected chi connectivity index (χ1v) is 9.01. The Morgan fingerprint density at radius 3 is 2.56 bits per heavy atom. The van der Waals surface area contributed by atoms with Gasteiger partial charge in [0.15, 0.2) is 17.3 Å². The second-order valence-corrected chi connectivity index (χ2v) is 7.28. The number of carbonyl (C=O) groups is 1. The molecule has 136 valence electrons. The van der Waals surface area contributed by atoms with E-state index in [-0.39, 0.29) is 17.1 Å². The summed E-state index contributed by atoms with van der Waals surface area (Å²) >= 11 is 3.46. The molecule has 0 radical (unpaired) electrons. The van der Waals surface area contributed by atoms with E-state index in [1.807, 2.05) is 24.3 Å². The molecule has 1 aliphatic carbocycles. The van der Waals surface area contributed by atoms with Crippen molar-refractivity contribution in [3.8, 4) is 11.5 Å². The van der Waals surface area contributed by atoms with Crippen LogP contribution in [0.25, 0.3) is 0 Å². The van der Waals surface area contributed by atoms with Gasteiger partial charge in [-0.3, -0.25) is 4.79 Å². The second kappa shape index (κ2) is 8.19. The number of halogens is 1. The standard InChI is InChI=1S/C20H25BrO4/c1-6-20(3)13(2)9-16(22)19(21)15(20)12-25-11-14-7-8-17(23-4)18(10-14)24-5/h6-8,10,13H,1,9,11-12H2,2-5H3/t13-,20+/m1/s1. The summed E-state index contributed by atoms with van der Waals surface area (Å²) in [5.41, 5.74) is 1.67. The van der Waals surface area contributed by atoms with Crippen molar-refractivity contribution in [3.05, 3.63) is 46.5 Å². The fourth-order valence-electron chi connectivity index (χ4n) is 3.07. The predicted molar refractivity (Wildman–Crippen MR) is 102 cm³/mol. The first-order chi connectivity index (χ1) is 11.9. The van der Waals surface area contributed by atoms with Crippen LogP contribution >= 0.6 is 15.9 Å². The van der Waals surface area contributed by atoms with E-state index < -0.39 is 0 Å². The minimum Gasteiger partial charge on any atom is -0.493 e. The van der Waals surface area contributed by atoms with Crippen LogP contribution in [0.2, 0.25) is 0 Å². The van der Waals surface area contributed by atoms with Gasteiger partial charge in [0.05, 0.1) is 31.9 Å². The van der Waals surface area contributed by atoms with Crippen LogP contribution in [-0.4, -0.2) is 26.6 Å². The minimum atomic E-state index is -0.260. The number of rotatable bonds is 7. The Morgan fingerprint density at radius 1 is 1.28 bits per heavy atom. The summed E-state index contributed by atoms with van der Waals surface area (Å²) in [5.74, 6) is 1.67. The molecule has 0 aromatic heterocycles. The topological polar surface area (TPSA) is 44.8 Å². The average molecular weight is 409 g/mol. The first-order valence-electron chi connectivity index (χ1n) is 8.22. The lowest BCUT2D eigenvalue weighted by Gasteiger charge is -2.39. The highest BCUT2D eigenvalue weighted by atomic mass is 79.9. The number of hydrogen-bond acceptors (Lipinski definition) is 4. The average Bonchev–Trinajstić information content (AvgIpc) is 2.62. The first kappa shape index (κ1) is 19.7. The quantitative estimate of drug-likeness (QED) is 0.614. The molecule has 0 aliphatic heterocycles. The SMILES string of the molecule is C=C[C@]1(C)C(COCc2ccc(OC)c(OC)c2)=C(Br)C(=O)C[C@H]1C. The van der Waals surface area contributed by atoms with E-state index >= 15 is 0 Å². The highest BCUT2D eigenvalue weighted by molar-refractivity contribution is 9.12. The van der Waals surface area contributed by atoms with E-state index in [1.165, 1.54) is 0 Å². The Balaban J connectivity index is 2.13. The third-order valence-corrected chi connectivity index (χ3v) is 5.98. The molecule has 1 aromatic rings. The van der Waals surface area contributed by atoms with Crippen molar-refractivity contribution in [1.82, 2.24) is 0 Å². The number of ether oxygens (including phenoxy) is 3. The highest BCUT2D eigenvalue weighted by Gasteiger charge is 2.40. The molecule has 5 heteroatoms. The lowest BCUT2D eigenvalue weighted by atomic mass is 9.67.